The summed E-state index contributed by atoms with van der Waals surface area (Å²) in [7, 11) is 0. The highest BCUT2D eigenvalue weighted by Gasteiger charge is 2.12. The van der Waals surface area contributed by atoms with Crippen molar-refractivity contribution < 1.29 is 13.9 Å². The molecule has 0 amide bonds. The number of amidine groups is 1. The van der Waals surface area contributed by atoms with E-state index in [1.54, 1.807) is 30.3 Å². The van der Waals surface area contributed by atoms with Crippen molar-refractivity contribution in [2.75, 3.05) is 13.2 Å². The van der Waals surface area contributed by atoms with Gasteiger partial charge in [-0.1, -0.05) is 13.3 Å². The average molecular weight is 429 g/mol. The Morgan fingerprint density at radius 2 is 1.77 bits per heavy atom. The first-order chi connectivity index (χ1) is 14.1. The van der Waals surface area contributed by atoms with E-state index in [9.17, 15) is 4.79 Å². The highest BCUT2D eigenvalue weighted by atomic mass is 35.5. The first-order valence-corrected chi connectivity index (χ1v) is 9.48. The van der Waals surface area contributed by atoms with Crippen LogP contribution in [-0.4, -0.2) is 19.0 Å². The minimum Gasteiger partial charge on any atom is -0.490 e. The van der Waals surface area contributed by atoms with Gasteiger partial charge in [-0.25, -0.2) is 0 Å². The van der Waals surface area contributed by atoms with E-state index in [4.69, 9.17) is 25.0 Å². The molecule has 7 heteroatoms. The Morgan fingerprint density at radius 3 is 2.43 bits per heavy atom. The van der Waals surface area contributed by atoms with Crippen LogP contribution in [0.2, 0.25) is 0 Å². The van der Waals surface area contributed by atoms with Crippen LogP contribution in [0.1, 0.15) is 24.5 Å². The number of nitrogen functional groups attached to an aromatic ring is 1. The molecule has 0 spiro atoms. The summed E-state index contributed by atoms with van der Waals surface area (Å²) >= 11 is 0. The van der Waals surface area contributed by atoms with Crippen molar-refractivity contribution >= 4 is 29.2 Å². The van der Waals surface area contributed by atoms with Crippen LogP contribution in [0.4, 0.5) is 0 Å². The molecule has 3 N–H and O–H groups in total. The molecule has 30 heavy (non-hydrogen) atoms. The summed E-state index contributed by atoms with van der Waals surface area (Å²) in [4.78, 5) is 12.0. The van der Waals surface area contributed by atoms with Crippen LogP contribution < -0.4 is 20.6 Å². The van der Waals surface area contributed by atoms with Gasteiger partial charge in [0.15, 0.2) is 5.43 Å². The highest BCUT2D eigenvalue weighted by Crippen LogP contribution is 2.28. The Balaban J connectivity index is 0.00000320. The number of halogens is 1. The minimum absolute atomic E-state index is 0. The van der Waals surface area contributed by atoms with Gasteiger partial charge in [0, 0.05) is 17.2 Å². The lowest BCUT2D eigenvalue weighted by Gasteiger charge is -2.11. The zero-order valence-corrected chi connectivity index (χ0v) is 17.5. The molecule has 0 aliphatic carbocycles. The average Bonchev–Trinajstić information content (AvgIpc) is 2.72. The van der Waals surface area contributed by atoms with Gasteiger partial charge in [-0.2, -0.15) is 0 Å². The van der Waals surface area contributed by atoms with Crippen molar-refractivity contribution in [2.45, 2.75) is 19.8 Å². The number of hydrogen-bond donors (Lipinski definition) is 2. The van der Waals surface area contributed by atoms with Gasteiger partial charge in [0.05, 0.1) is 11.6 Å². The Morgan fingerprint density at radius 1 is 1.07 bits per heavy atom. The zero-order chi connectivity index (χ0) is 20.6. The molecule has 3 rings (SSSR count). The van der Waals surface area contributed by atoms with Gasteiger partial charge in [0.2, 0.25) is 0 Å². The summed E-state index contributed by atoms with van der Waals surface area (Å²) in [6.45, 7) is 2.85. The summed E-state index contributed by atoms with van der Waals surface area (Å²) in [5.41, 5.74) is 7.55. The molecule has 1 heterocycles. The van der Waals surface area contributed by atoms with Crippen LogP contribution in [0.3, 0.4) is 0 Å². The maximum atomic E-state index is 12.0. The number of aryl methyl sites for hydroxylation is 1. The van der Waals surface area contributed by atoms with Gasteiger partial charge in [-0.05, 0) is 55.0 Å². The van der Waals surface area contributed by atoms with E-state index in [0.29, 0.717) is 35.5 Å². The summed E-state index contributed by atoms with van der Waals surface area (Å²) in [5.74, 6) is 1.46. The first-order valence-electron chi connectivity index (χ1n) is 9.48. The van der Waals surface area contributed by atoms with Gasteiger partial charge < -0.3 is 19.6 Å². The first kappa shape index (κ1) is 23.0. The fourth-order valence-corrected chi connectivity index (χ4v) is 2.96. The van der Waals surface area contributed by atoms with E-state index in [1.807, 2.05) is 18.2 Å². The number of hydrogen-bond acceptors (Lipinski definition) is 5. The lowest BCUT2D eigenvalue weighted by molar-refractivity contribution is 0.348. The molecule has 0 unspecified atom stereocenters. The molecule has 0 saturated carbocycles. The smallest absolute Gasteiger partial charge is 0.192 e. The summed E-state index contributed by atoms with van der Waals surface area (Å²) in [6.07, 6.45) is 6.86. The van der Waals surface area contributed by atoms with Crippen molar-refractivity contribution in [2.24, 2.45) is 5.73 Å². The molecular formula is C23H25ClN2O4. The fraction of sp³-hybridized carbons (Fsp3) is 0.217. The predicted octanol–water partition coefficient (Wildman–Crippen LogP) is 4.47. The predicted molar refractivity (Wildman–Crippen MR) is 121 cm³/mol. The van der Waals surface area contributed by atoms with E-state index in [1.165, 1.54) is 12.3 Å². The maximum Gasteiger partial charge on any atom is 0.192 e. The lowest BCUT2D eigenvalue weighted by atomic mass is 10.1. The van der Waals surface area contributed by atoms with Gasteiger partial charge in [0.1, 0.15) is 36.1 Å². The van der Waals surface area contributed by atoms with E-state index in [-0.39, 0.29) is 23.7 Å². The van der Waals surface area contributed by atoms with Crippen molar-refractivity contribution in [1.29, 1.82) is 5.41 Å². The Labute approximate surface area is 181 Å². The summed E-state index contributed by atoms with van der Waals surface area (Å²) < 4.78 is 17.1. The van der Waals surface area contributed by atoms with E-state index < -0.39 is 0 Å². The number of nitrogens with two attached hydrogens (primary N) is 1. The van der Waals surface area contributed by atoms with Crippen molar-refractivity contribution in [3.05, 3.63) is 82.2 Å². The quantitative estimate of drug-likeness (QED) is 0.297. The number of nitrogens with one attached hydrogen (secondary N) is 1. The number of fused-ring (bicyclic) bond motifs is 1. The van der Waals surface area contributed by atoms with Crippen LogP contribution in [0.15, 0.2) is 70.1 Å². The molecule has 2 aromatic carbocycles. The topological polar surface area (TPSA) is 98.5 Å². The molecule has 0 bridgehead atoms. The largest absolute Gasteiger partial charge is 0.490 e. The Hall–Kier alpha value is -3.25. The maximum absolute atomic E-state index is 12.0. The van der Waals surface area contributed by atoms with Crippen molar-refractivity contribution in [1.82, 2.24) is 0 Å². The van der Waals surface area contributed by atoms with Crippen molar-refractivity contribution in [3.63, 3.8) is 0 Å². The molecule has 0 radical (unpaired) electrons. The molecule has 0 saturated heterocycles. The molecule has 0 aliphatic heterocycles. The fourth-order valence-electron chi connectivity index (χ4n) is 2.96. The van der Waals surface area contributed by atoms with Crippen LogP contribution in [0.5, 0.6) is 11.5 Å². The standard InChI is InChI=1S/C23H24N2O4.ClH/c1-2-5-19-21(11-10-18-20(26)12-15-29-22(18)19)28-14-4-3-13-27-17-8-6-16(7-9-17)23(24)25;/h3-4,6-12,15H,2,5,13-14H2,1H3,(H3,24,25);1H/b4-3+;. The molecule has 0 aliphatic rings. The molecular weight excluding hydrogens is 404 g/mol. The SMILES string of the molecule is CCCc1c(OC/C=C/COc2ccc(C(=N)N)cc2)ccc2c(=O)ccoc12.Cl. The van der Waals surface area contributed by atoms with Gasteiger partial charge in [-0.15, -0.1) is 12.4 Å². The monoisotopic (exact) mass is 428 g/mol. The molecule has 0 fully saturated rings. The molecule has 158 valence electrons. The second-order valence-corrected chi connectivity index (χ2v) is 6.49. The number of benzene rings is 2. The number of rotatable bonds is 9. The third-order valence-electron chi connectivity index (χ3n) is 4.40. The lowest BCUT2D eigenvalue weighted by Crippen LogP contribution is -2.10. The van der Waals surface area contributed by atoms with Gasteiger partial charge in [-0.3, -0.25) is 10.2 Å². The minimum atomic E-state index is -0.0523. The number of ether oxygens (including phenoxy) is 2. The second-order valence-electron chi connectivity index (χ2n) is 6.49. The Kier molecular flexibility index (Phi) is 8.50. The van der Waals surface area contributed by atoms with Gasteiger partial charge >= 0.3 is 0 Å². The molecule has 1 aromatic heterocycles. The molecule has 6 nitrogen and oxygen atoms in total. The van der Waals surface area contributed by atoms with E-state index >= 15 is 0 Å². The molecule has 3 aromatic rings. The van der Waals surface area contributed by atoms with E-state index in [0.717, 1.165) is 24.2 Å². The van der Waals surface area contributed by atoms with Crippen LogP contribution in [-0.2, 0) is 6.42 Å². The zero-order valence-electron chi connectivity index (χ0n) is 16.7. The third-order valence-corrected chi connectivity index (χ3v) is 4.40. The van der Waals surface area contributed by atoms with Crippen LogP contribution >= 0.6 is 12.4 Å². The summed E-state index contributed by atoms with van der Waals surface area (Å²) in [5, 5.41) is 7.95. The second kappa shape index (κ2) is 11.1. The van der Waals surface area contributed by atoms with Crippen molar-refractivity contribution in [3.8, 4) is 11.5 Å². The Bertz CT molecular complexity index is 1070. The summed E-state index contributed by atoms with van der Waals surface area (Å²) in [6, 6.07) is 12.0. The van der Waals surface area contributed by atoms with Gasteiger partial charge in [0.25, 0.3) is 0 Å². The molecule has 0 atom stereocenters. The third kappa shape index (κ3) is 5.64. The highest BCUT2D eigenvalue weighted by molar-refractivity contribution is 5.94. The van der Waals surface area contributed by atoms with Crippen LogP contribution in [0, 0.1) is 5.41 Å². The van der Waals surface area contributed by atoms with Crippen LogP contribution in [0.25, 0.3) is 11.0 Å². The van der Waals surface area contributed by atoms with E-state index in [2.05, 4.69) is 6.92 Å². The normalized spacial score (nSPS) is 10.7.